The highest BCUT2D eigenvalue weighted by atomic mass is 32.2. The number of aromatic amines is 1. The minimum absolute atomic E-state index is 0.429. The van der Waals surface area contributed by atoms with E-state index in [1.807, 2.05) is 24.9 Å². The van der Waals surface area contributed by atoms with E-state index in [0.29, 0.717) is 6.04 Å². The Bertz CT molecular complexity index is 811. The molecule has 0 aliphatic carbocycles. The number of nitrogens with zero attached hydrogens (tertiary/aromatic N) is 2. The van der Waals surface area contributed by atoms with Crippen molar-refractivity contribution < 1.29 is 0 Å². The fourth-order valence-corrected chi connectivity index (χ4v) is 4.08. The number of aromatic nitrogens is 3. The number of hydrogen-bond acceptors (Lipinski definition) is 4. The molecule has 1 aliphatic heterocycles. The van der Waals surface area contributed by atoms with Crippen LogP contribution in [0.4, 0.5) is 0 Å². The maximum Gasteiger partial charge on any atom is 0.181 e. The summed E-state index contributed by atoms with van der Waals surface area (Å²) in [5.41, 5.74) is 4.49. The van der Waals surface area contributed by atoms with E-state index in [0.717, 1.165) is 23.3 Å². The lowest BCUT2D eigenvalue weighted by atomic mass is 10.0. The maximum atomic E-state index is 4.42. The van der Waals surface area contributed by atoms with Crippen molar-refractivity contribution in [3.8, 4) is 0 Å². The van der Waals surface area contributed by atoms with Gasteiger partial charge in [0.15, 0.2) is 5.65 Å². The molecule has 0 unspecified atom stereocenters. The molecule has 1 aliphatic rings. The quantitative estimate of drug-likeness (QED) is 0.776. The van der Waals surface area contributed by atoms with E-state index in [9.17, 15) is 0 Å². The third-order valence-corrected chi connectivity index (χ3v) is 5.29. The molecular weight excluding hydrogens is 292 g/mol. The normalized spacial score (nSPS) is 17.6. The van der Waals surface area contributed by atoms with Gasteiger partial charge in [0.05, 0.1) is 0 Å². The molecule has 3 heterocycles. The Morgan fingerprint density at radius 3 is 3.23 bits per heavy atom. The van der Waals surface area contributed by atoms with Gasteiger partial charge in [-0.2, -0.15) is 5.10 Å². The summed E-state index contributed by atoms with van der Waals surface area (Å²) in [6.07, 6.45) is 3.08. The number of fused-ring (bicyclic) bond motifs is 2. The molecule has 5 heteroatoms. The molecule has 0 amide bonds. The van der Waals surface area contributed by atoms with Gasteiger partial charge >= 0.3 is 0 Å². The van der Waals surface area contributed by atoms with E-state index in [2.05, 4.69) is 50.8 Å². The zero-order valence-corrected chi connectivity index (χ0v) is 13.3. The molecule has 112 valence electrons. The van der Waals surface area contributed by atoms with Gasteiger partial charge in [-0.3, -0.25) is 5.10 Å². The van der Waals surface area contributed by atoms with Crippen molar-refractivity contribution in [2.24, 2.45) is 0 Å². The first kappa shape index (κ1) is 13.8. The molecule has 0 saturated heterocycles. The number of benzene rings is 1. The lowest BCUT2D eigenvalue weighted by Gasteiger charge is -2.26. The van der Waals surface area contributed by atoms with Gasteiger partial charge in [-0.15, -0.1) is 11.8 Å². The summed E-state index contributed by atoms with van der Waals surface area (Å²) in [6.45, 7) is 2.86. The topological polar surface area (TPSA) is 53.6 Å². The Morgan fingerprint density at radius 1 is 1.36 bits per heavy atom. The highest BCUT2D eigenvalue weighted by Gasteiger charge is 2.19. The third kappa shape index (κ3) is 2.51. The summed E-state index contributed by atoms with van der Waals surface area (Å²) < 4.78 is 0. The molecular formula is C17H18N4S. The van der Waals surface area contributed by atoms with Crippen LogP contribution in [0.25, 0.3) is 11.0 Å². The van der Waals surface area contributed by atoms with Gasteiger partial charge < -0.3 is 5.32 Å². The SMILES string of the molecule is Cc1[nH]nc2ncc(CN[C@H]3CCSc4ccccc43)cc12. The van der Waals surface area contributed by atoms with Crippen LogP contribution in [-0.4, -0.2) is 20.9 Å². The number of thioether (sulfide) groups is 1. The highest BCUT2D eigenvalue weighted by molar-refractivity contribution is 7.99. The van der Waals surface area contributed by atoms with Crippen LogP contribution in [0.2, 0.25) is 0 Å². The standard InChI is InChI=1S/C17H18N4S/c1-11-14-8-12(10-19-17(14)21-20-11)9-18-15-6-7-22-16-5-3-2-4-13(15)16/h2-5,8,10,15,18H,6-7,9H2,1H3,(H,19,20,21)/t15-/m0/s1. The van der Waals surface area contributed by atoms with Crippen LogP contribution >= 0.6 is 11.8 Å². The molecule has 2 N–H and O–H groups in total. The summed E-state index contributed by atoms with van der Waals surface area (Å²) >= 11 is 1.95. The minimum Gasteiger partial charge on any atom is -0.306 e. The zero-order chi connectivity index (χ0) is 14.9. The fourth-order valence-electron chi connectivity index (χ4n) is 2.95. The van der Waals surface area contributed by atoms with Crippen LogP contribution < -0.4 is 5.32 Å². The summed E-state index contributed by atoms with van der Waals surface area (Å²) in [6, 6.07) is 11.3. The van der Waals surface area contributed by atoms with E-state index >= 15 is 0 Å². The molecule has 0 fully saturated rings. The average molecular weight is 310 g/mol. The van der Waals surface area contributed by atoms with E-state index in [1.54, 1.807) is 0 Å². The lowest BCUT2D eigenvalue weighted by Crippen LogP contribution is -2.24. The van der Waals surface area contributed by atoms with Crippen molar-refractivity contribution in [3.63, 3.8) is 0 Å². The summed E-state index contributed by atoms with van der Waals surface area (Å²) in [5.74, 6) is 1.17. The first-order valence-electron chi connectivity index (χ1n) is 7.56. The van der Waals surface area contributed by atoms with Gasteiger partial charge in [0.1, 0.15) is 0 Å². The van der Waals surface area contributed by atoms with Crippen molar-refractivity contribution >= 4 is 22.8 Å². The highest BCUT2D eigenvalue weighted by Crippen LogP contribution is 2.35. The molecule has 0 saturated carbocycles. The van der Waals surface area contributed by atoms with Crippen LogP contribution in [0.5, 0.6) is 0 Å². The third-order valence-electron chi connectivity index (χ3n) is 4.17. The van der Waals surface area contributed by atoms with Gasteiger partial charge in [0, 0.05) is 34.8 Å². The van der Waals surface area contributed by atoms with Gasteiger partial charge in [-0.1, -0.05) is 18.2 Å². The van der Waals surface area contributed by atoms with Crippen LogP contribution in [0.15, 0.2) is 41.4 Å². The molecule has 22 heavy (non-hydrogen) atoms. The molecule has 4 rings (SSSR count). The largest absolute Gasteiger partial charge is 0.306 e. The molecule has 1 atom stereocenters. The molecule has 0 bridgehead atoms. The summed E-state index contributed by atoms with van der Waals surface area (Å²) in [5, 5.41) is 12.0. The van der Waals surface area contributed by atoms with Crippen molar-refractivity contribution in [2.75, 3.05) is 5.75 Å². The van der Waals surface area contributed by atoms with Crippen molar-refractivity contribution in [3.05, 3.63) is 53.3 Å². The van der Waals surface area contributed by atoms with Crippen LogP contribution in [-0.2, 0) is 6.54 Å². The number of H-pyrrole nitrogens is 1. The van der Waals surface area contributed by atoms with E-state index in [1.165, 1.54) is 28.2 Å². The predicted octanol–water partition coefficient (Wildman–Crippen LogP) is 3.59. The molecule has 0 spiro atoms. The lowest BCUT2D eigenvalue weighted by molar-refractivity contribution is 0.510. The van der Waals surface area contributed by atoms with E-state index < -0.39 is 0 Å². The Balaban J connectivity index is 1.53. The molecule has 3 aromatic rings. The maximum absolute atomic E-state index is 4.42. The zero-order valence-electron chi connectivity index (χ0n) is 12.5. The fraction of sp³-hybridized carbons (Fsp3) is 0.294. The minimum atomic E-state index is 0.429. The Morgan fingerprint density at radius 2 is 2.27 bits per heavy atom. The average Bonchev–Trinajstić information content (AvgIpc) is 2.94. The smallest absolute Gasteiger partial charge is 0.181 e. The van der Waals surface area contributed by atoms with Crippen LogP contribution in [0.3, 0.4) is 0 Å². The number of hydrogen-bond donors (Lipinski definition) is 2. The van der Waals surface area contributed by atoms with Gasteiger partial charge in [0.25, 0.3) is 0 Å². The number of pyridine rings is 1. The predicted molar refractivity (Wildman–Crippen MR) is 90.0 cm³/mol. The Labute approximate surface area is 133 Å². The van der Waals surface area contributed by atoms with Gasteiger partial charge in [0.2, 0.25) is 0 Å². The monoisotopic (exact) mass is 310 g/mol. The van der Waals surface area contributed by atoms with Crippen LogP contribution in [0, 0.1) is 6.92 Å². The van der Waals surface area contributed by atoms with Gasteiger partial charge in [-0.05, 0) is 42.4 Å². The molecule has 1 aromatic carbocycles. The van der Waals surface area contributed by atoms with E-state index in [-0.39, 0.29) is 0 Å². The van der Waals surface area contributed by atoms with Gasteiger partial charge in [-0.25, -0.2) is 4.98 Å². The van der Waals surface area contributed by atoms with E-state index in [4.69, 9.17) is 0 Å². The first-order chi connectivity index (χ1) is 10.8. The second-order valence-electron chi connectivity index (χ2n) is 5.67. The second kappa shape index (κ2) is 5.74. The summed E-state index contributed by atoms with van der Waals surface area (Å²) in [7, 11) is 0. The van der Waals surface area contributed by atoms with Crippen molar-refractivity contribution in [2.45, 2.75) is 30.8 Å². The summed E-state index contributed by atoms with van der Waals surface area (Å²) in [4.78, 5) is 5.83. The Kier molecular flexibility index (Phi) is 3.60. The molecule has 4 nitrogen and oxygen atoms in total. The number of aryl methyl sites for hydroxylation is 1. The van der Waals surface area contributed by atoms with Crippen molar-refractivity contribution in [1.82, 2.24) is 20.5 Å². The van der Waals surface area contributed by atoms with Crippen molar-refractivity contribution in [1.29, 1.82) is 0 Å². The van der Waals surface area contributed by atoms with Crippen LogP contribution in [0.1, 0.15) is 29.3 Å². The molecule has 0 radical (unpaired) electrons. The Hall–Kier alpha value is -1.85. The second-order valence-corrected chi connectivity index (χ2v) is 6.81. The number of nitrogens with one attached hydrogen (secondary N) is 2. The first-order valence-corrected chi connectivity index (χ1v) is 8.54. The molecule has 2 aromatic heterocycles. The number of rotatable bonds is 3.